The number of amides is 1. The average Bonchev–Trinajstić information content (AvgIpc) is 2.68. The molecule has 0 aromatic carbocycles. The third-order valence-corrected chi connectivity index (χ3v) is 4.96. The predicted molar refractivity (Wildman–Crippen MR) is 109 cm³/mol. The summed E-state index contributed by atoms with van der Waals surface area (Å²) < 4.78 is 0. The zero-order valence-electron chi connectivity index (χ0n) is 17.6. The first-order valence-electron chi connectivity index (χ1n) is 10.7. The number of rotatable bonds is 18. The minimum Gasteiger partial charge on any atom is -0.394 e. The van der Waals surface area contributed by atoms with Crippen LogP contribution >= 0.6 is 0 Å². The minimum atomic E-state index is -1.72. The number of nitrogens with one attached hydrogen (secondary N) is 1. The van der Waals surface area contributed by atoms with E-state index in [9.17, 15) is 24.9 Å². The van der Waals surface area contributed by atoms with Gasteiger partial charge in [-0.15, -0.1) is 0 Å². The summed E-state index contributed by atoms with van der Waals surface area (Å²) in [6.07, 6.45) is 7.16. The van der Waals surface area contributed by atoms with Gasteiger partial charge in [0.2, 0.25) is 5.91 Å². The van der Waals surface area contributed by atoms with Crippen molar-refractivity contribution in [1.82, 2.24) is 5.32 Å². The lowest BCUT2D eigenvalue weighted by molar-refractivity contribution is -0.131. The van der Waals surface area contributed by atoms with Crippen LogP contribution in [0.4, 0.5) is 0 Å². The molecule has 0 bridgehead atoms. The van der Waals surface area contributed by atoms with E-state index in [2.05, 4.69) is 19.2 Å². The van der Waals surface area contributed by atoms with Gasteiger partial charge in [0.25, 0.3) is 0 Å². The van der Waals surface area contributed by atoms with Gasteiger partial charge in [-0.25, -0.2) is 0 Å². The second-order valence-corrected chi connectivity index (χ2v) is 8.07. The summed E-state index contributed by atoms with van der Waals surface area (Å²) in [4.78, 5) is 22.9. The lowest BCUT2D eigenvalue weighted by Crippen LogP contribution is -2.53. The molecule has 0 aromatic heterocycles. The summed E-state index contributed by atoms with van der Waals surface area (Å²) >= 11 is 0. The smallest absolute Gasteiger partial charge is 0.220 e. The molecule has 166 valence electrons. The van der Waals surface area contributed by atoms with E-state index in [1.165, 1.54) is 38.5 Å². The number of carbonyl (C=O) groups is 2. The highest BCUT2D eigenvalue weighted by Gasteiger charge is 2.31. The molecule has 7 nitrogen and oxygen atoms in total. The SMILES string of the molecule is CC(C)CCCCCCCCCCCC(=O)N[C@@H](C=O)[C@@H](O)[C@H](O)[C@H](O)CO. The maximum atomic E-state index is 11.9. The number of aldehydes is 1. The fourth-order valence-corrected chi connectivity index (χ4v) is 3.08. The molecule has 0 spiro atoms. The minimum absolute atomic E-state index is 0.241. The van der Waals surface area contributed by atoms with Crippen LogP contribution in [0.15, 0.2) is 0 Å². The van der Waals surface area contributed by atoms with E-state index in [1.807, 2.05) is 0 Å². The van der Waals surface area contributed by atoms with Gasteiger partial charge in [-0.2, -0.15) is 0 Å². The van der Waals surface area contributed by atoms with Gasteiger partial charge in [0, 0.05) is 6.42 Å². The molecular weight excluding hydrogens is 362 g/mol. The summed E-state index contributed by atoms with van der Waals surface area (Å²) in [5.41, 5.74) is 0. The summed E-state index contributed by atoms with van der Waals surface area (Å²) in [5, 5.41) is 39.9. The summed E-state index contributed by atoms with van der Waals surface area (Å²) in [5.74, 6) is 0.409. The van der Waals surface area contributed by atoms with Crippen LogP contribution in [0.1, 0.15) is 84.5 Å². The summed E-state index contributed by atoms with van der Waals surface area (Å²) in [7, 11) is 0. The van der Waals surface area contributed by atoms with Crippen molar-refractivity contribution in [2.24, 2.45) is 5.92 Å². The quantitative estimate of drug-likeness (QED) is 0.175. The lowest BCUT2D eigenvalue weighted by Gasteiger charge is -2.26. The maximum absolute atomic E-state index is 11.9. The van der Waals surface area contributed by atoms with Crippen LogP contribution in [0.2, 0.25) is 0 Å². The Morgan fingerprint density at radius 3 is 1.82 bits per heavy atom. The average molecular weight is 404 g/mol. The highest BCUT2D eigenvalue weighted by atomic mass is 16.4. The molecule has 0 aliphatic heterocycles. The lowest BCUT2D eigenvalue weighted by atomic mass is 10.0. The number of hydrogen-bond donors (Lipinski definition) is 5. The molecule has 1 amide bonds. The number of aliphatic hydroxyl groups is 4. The van der Waals surface area contributed by atoms with Crippen LogP contribution in [0, 0.1) is 5.92 Å². The molecule has 5 N–H and O–H groups in total. The van der Waals surface area contributed by atoms with Crippen LogP contribution in [0.5, 0.6) is 0 Å². The predicted octanol–water partition coefficient (Wildman–Crippen LogP) is 1.69. The molecule has 0 radical (unpaired) electrons. The highest BCUT2D eigenvalue weighted by Crippen LogP contribution is 2.13. The van der Waals surface area contributed by atoms with E-state index in [4.69, 9.17) is 5.11 Å². The monoisotopic (exact) mass is 403 g/mol. The summed E-state index contributed by atoms with van der Waals surface area (Å²) in [6, 6.07) is -1.32. The van der Waals surface area contributed by atoms with Crippen LogP contribution < -0.4 is 5.32 Å². The molecule has 0 rings (SSSR count). The molecule has 7 heteroatoms. The van der Waals surface area contributed by atoms with Gasteiger partial charge >= 0.3 is 0 Å². The van der Waals surface area contributed by atoms with Crippen molar-refractivity contribution in [3.63, 3.8) is 0 Å². The van der Waals surface area contributed by atoms with Gasteiger partial charge in [0.15, 0.2) is 0 Å². The Morgan fingerprint density at radius 1 is 0.857 bits per heavy atom. The van der Waals surface area contributed by atoms with Gasteiger partial charge in [0.05, 0.1) is 6.61 Å². The molecule has 4 atom stereocenters. The number of unbranched alkanes of at least 4 members (excludes halogenated alkanes) is 8. The van der Waals surface area contributed by atoms with Crippen molar-refractivity contribution in [3.8, 4) is 0 Å². The van der Waals surface area contributed by atoms with E-state index >= 15 is 0 Å². The van der Waals surface area contributed by atoms with Gasteiger partial charge < -0.3 is 30.5 Å². The van der Waals surface area contributed by atoms with Gasteiger partial charge in [-0.05, 0) is 12.3 Å². The van der Waals surface area contributed by atoms with E-state index in [0.717, 1.165) is 25.2 Å². The molecule has 0 unspecified atom stereocenters. The van der Waals surface area contributed by atoms with E-state index in [-0.39, 0.29) is 12.3 Å². The molecular formula is C21H41NO6. The Kier molecular flexibility index (Phi) is 16.3. The largest absolute Gasteiger partial charge is 0.394 e. The van der Waals surface area contributed by atoms with E-state index in [1.54, 1.807) is 0 Å². The number of aliphatic hydroxyl groups excluding tert-OH is 4. The summed E-state index contributed by atoms with van der Waals surface area (Å²) in [6.45, 7) is 3.76. The normalized spacial score (nSPS) is 15.8. The van der Waals surface area contributed by atoms with Crippen LogP contribution in [0.3, 0.4) is 0 Å². The third-order valence-electron chi connectivity index (χ3n) is 4.96. The third kappa shape index (κ3) is 13.2. The molecule has 0 aliphatic carbocycles. The Balaban J connectivity index is 3.76. The molecule has 0 heterocycles. The fraction of sp³-hybridized carbons (Fsp3) is 0.905. The number of hydrogen-bond acceptors (Lipinski definition) is 6. The Bertz CT molecular complexity index is 404. The zero-order valence-corrected chi connectivity index (χ0v) is 17.6. The molecule has 0 saturated heterocycles. The number of carbonyl (C=O) groups excluding carboxylic acids is 2. The van der Waals surface area contributed by atoms with E-state index < -0.39 is 31.0 Å². The zero-order chi connectivity index (χ0) is 21.4. The first-order chi connectivity index (χ1) is 13.3. The molecule has 0 aliphatic rings. The first kappa shape index (κ1) is 27.0. The highest BCUT2D eigenvalue weighted by molar-refractivity contribution is 5.79. The van der Waals surface area contributed by atoms with Crippen molar-refractivity contribution in [1.29, 1.82) is 0 Å². The van der Waals surface area contributed by atoms with E-state index in [0.29, 0.717) is 12.7 Å². The molecule has 28 heavy (non-hydrogen) atoms. The fourth-order valence-electron chi connectivity index (χ4n) is 3.08. The molecule has 0 aromatic rings. The second kappa shape index (κ2) is 16.9. The second-order valence-electron chi connectivity index (χ2n) is 8.07. The van der Waals surface area contributed by atoms with Crippen molar-refractivity contribution in [2.45, 2.75) is 109 Å². The van der Waals surface area contributed by atoms with Gasteiger partial charge in [-0.3, -0.25) is 4.79 Å². The van der Waals surface area contributed by atoms with Crippen LogP contribution in [-0.4, -0.2) is 63.6 Å². The van der Waals surface area contributed by atoms with Crippen LogP contribution in [-0.2, 0) is 9.59 Å². The van der Waals surface area contributed by atoms with Gasteiger partial charge in [-0.1, -0.05) is 71.6 Å². The van der Waals surface area contributed by atoms with Crippen molar-refractivity contribution in [3.05, 3.63) is 0 Å². The molecule has 0 saturated carbocycles. The molecule has 0 fully saturated rings. The first-order valence-corrected chi connectivity index (χ1v) is 10.7. The van der Waals surface area contributed by atoms with Crippen molar-refractivity contribution < 1.29 is 30.0 Å². The Hall–Kier alpha value is -1.02. The van der Waals surface area contributed by atoms with Gasteiger partial charge in [0.1, 0.15) is 30.6 Å². The Labute approximate surface area is 169 Å². The standard InChI is InChI=1S/C21H41NO6/c1-16(2)12-10-8-6-4-3-5-7-9-11-13-19(26)22-17(14-23)20(27)21(28)18(25)15-24/h14,16-18,20-21,24-25,27-28H,3-13,15H2,1-2H3,(H,22,26)/t17-,18+,20+,21+/m0/s1. The topological polar surface area (TPSA) is 127 Å². The van der Waals surface area contributed by atoms with Crippen molar-refractivity contribution in [2.75, 3.05) is 6.61 Å². The maximum Gasteiger partial charge on any atom is 0.220 e. The van der Waals surface area contributed by atoms with Crippen molar-refractivity contribution >= 4 is 12.2 Å². The van der Waals surface area contributed by atoms with Crippen LogP contribution in [0.25, 0.3) is 0 Å². The Morgan fingerprint density at radius 2 is 1.36 bits per heavy atom.